The maximum Gasteiger partial charge on any atom is 0.196 e. The summed E-state index contributed by atoms with van der Waals surface area (Å²) in [7, 11) is 0. The molecule has 3 saturated carbocycles. The minimum absolute atomic E-state index is 1.14. The molecule has 0 spiro atoms. The first-order valence-corrected chi connectivity index (χ1v) is 34.6. The van der Waals surface area contributed by atoms with Crippen molar-refractivity contribution >= 4 is 119 Å². The Hall–Kier alpha value is 4.30. The van der Waals surface area contributed by atoms with E-state index in [0.717, 1.165) is 11.1 Å². The molecule has 0 nitrogen and oxygen atoms in total. The monoisotopic (exact) mass is 968 g/mol. The fraction of sp³-hybridized carbons (Fsp3) is 1.00. The Morgan fingerprint density at radius 1 is 0.385 bits per heavy atom. The van der Waals surface area contributed by atoms with Gasteiger partial charge in [0.2, 0.25) is 0 Å². The van der Waals surface area contributed by atoms with Crippen LogP contribution in [0.4, 0.5) is 0 Å². The maximum atomic E-state index is 3.32. The molecule has 0 amide bonds. The molecule has 3 rings (SSSR count). The predicted octanol–water partition coefficient (Wildman–Crippen LogP) is 10.2. The zero-order valence-electron chi connectivity index (χ0n) is 15.7. The molecule has 152 valence electrons. The highest BCUT2D eigenvalue weighted by atomic mass is 127. The summed E-state index contributed by atoms with van der Waals surface area (Å²) in [5.74, 6) is 0. The van der Waals surface area contributed by atoms with Crippen LogP contribution in [0, 0.1) is 0 Å². The van der Waals surface area contributed by atoms with E-state index in [9.17, 15) is 0 Å². The molecule has 3 fully saturated rings. The summed E-state index contributed by atoms with van der Waals surface area (Å²) in [4.78, 5) is 0. The van der Waals surface area contributed by atoms with E-state index >= 15 is 0 Å². The normalized spacial score (nSPS) is 26.2. The van der Waals surface area contributed by atoms with E-state index in [1.54, 1.807) is 51.4 Å². The molecule has 0 aromatic carbocycles. The van der Waals surface area contributed by atoms with Crippen molar-refractivity contribution in [1.82, 2.24) is 0 Å². The van der Waals surface area contributed by atoms with E-state index in [-0.39, 0.29) is 0 Å². The van der Waals surface area contributed by atoms with E-state index in [1.807, 2.05) is 0 Å². The lowest BCUT2D eigenvalue weighted by atomic mass is 10.0. The third kappa shape index (κ3) is 5.10. The first kappa shape index (κ1) is 24.9. The van der Waals surface area contributed by atoms with Gasteiger partial charge in [-0.1, -0.05) is 96.3 Å². The molecule has 0 radical (unpaired) electrons. The van der Waals surface area contributed by atoms with Gasteiger partial charge in [0.25, 0.3) is 0 Å². The third-order valence-corrected chi connectivity index (χ3v) is 147. The molecule has 0 bridgehead atoms. The molecular formula is C18H33I5Si3. The fourth-order valence-electron chi connectivity index (χ4n) is 5.79. The van der Waals surface area contributed by atoms with Crippen molar-refractivity contribution in [3.63, 3.8) is 0 Å². The van der Waals surface area contributed by atoms with Gasteiger partial charge in [0, 0.05) is 0 Å². The van der Waals surface area contributed by atoms with Crippen LogP contribution >= 0.6 is 109 Å². The van der Waals surface area contributed by atoms with Crippen LogP contribution in [0.2, 0.25) is 16.6 Å². The molecule has 0 N–H and O–H groups in total. The van der Waals surface area contributed by atoms with Crippen molar-refractivity contribution in [3.8, 4) is 0 Å². The van der Waals surface area contributed by atoms with Crippen LogP contribution in [-0.2, 0) is 0 Å². The van der Waals surface area contributed by atoms with Crippen molar-refractivity contribution in [2.45, 2.75) is 113 Å². The summed E-state index contributed by atoms with van der Waals surface area (Å²) < 4.78 is -3.79. The second-order valence-electron chi connectivity index (χ2n) is 8.96. The Labute approximate surface area is 227 Å². The minimum Gasteiger partial charge on any atom is -0.121 e. The van der Waals surface area contributed by atoms with Gasteiger partial charge in [-0.3, -0.25) is 0 Å². The molecule has 0 heterocycles. The van der Waals surface area contributed by atoms with Gasteiger partial charge in [-0.15, -0.1) is 109 Å². The topological polar surface area (TPSA) is 0 Å². The summed E-state index contributed by atoms with van der Waals surface area (Å²) in [5, 5.41) is 0. The first-order chi connectivity index (χ1) is 12.3. The van der Waals surface area contributed by atoms with Crippen molar-refractivity contribution < 1.29 is 0 Å². The zero-order valence-corrected chi connectivity index (χ0v) is 29.5. The lowest BCUT2D eigenvalue weighted by molar-refractivity contribution is 0.491. The average Bonchev–Trinajstić information content (AvgIpc) is 2.69. The zero-order chi connectivity index (χ0) is 18.8. The Morgan fingerprint density at radius 3 is 0.962 bits per heavy atom. The van der Waals surface area contributed by atoms with Crippen LogP contribution in [0.1, 0.15) is 96.3 Å². The average molecular weight is 968 g/mol. The van der Waals surface area contributed by atoms with Crippen molar-refractivity contribution in [3.05, 3.63) is 0 Å². The third-order valence-electron chi connectivity index (χ3n) is 7.37. The van der Waals surface area contributed by atoms with Gasteiger partial charge in [0.05, 0.1) is 0 Å². The predicted molar refractivity (Wildman–Crippen MR) is 168 cm³/mol. The summed E-state index contributed by atoms with van der Waals surface area (Å²) in [6.45, 7) is 0. The summed E-state index contributed by atoms with van der Waals surface area (Å²) in [6.07, 6.45) is 23.4. The van der Waals surface area contributed by atoms with Crippen LogP contribution < -0.4 is 0 Å². The lowest BCUT2D eigenvalue weighted by Gasteiger charge is -2.55. The summed E-state index contributed by atoms with van der Waals surface area (Å²) in [6, 6.07) is 0. The number of hydrogen-bond donors (Lipinski definition) is 0. The van der Waals surface area contributed by atoms with E-state index in [2.05, 4.69) is 109 Å². The van der Waals surface area contributed by atoms with Gasteiger partial charge in [-0.05, 0) is 16.6 Å². The molecule has 3 aliphatic rings. The van der Waals surface area contributed by atoms with Crippen LogP contribution in [0.25, 0.3) is 0 Å². The SMILES string of the molecule is I[Si](I)(C1CCCCC1)[Si](I)(C1CCCCC1)[Si](I)(I)C1CCCCC1. The number of halogens is 5. The van der Waals surface area contributed by atoms with Gasteiger partial charge in [0.1, 0.15) is 0 Å². The van der Waals surface area contributed by atoms with Crippen molar-refractivity contribution in [2.24, 2.45) is 0 Å². The van der Waals surface area contributed by atoms with Crippen LogP contribution in [0.5, 0.6) is 0 Å². The van der Waals surface area contributed by atoms with E-state index in [4.69, 9.17) is 0 Å². The molecule has 0 atom stereocenters. The standard InChI is InChI=1S/C18H33I5Si3/c19-24(20,16-10-4-1-5-11-16)26(23,18-14-8-3-9-15-18)25(21,22)17-12-6-2-7-13-17/h16-18H,1-15H2. The molecule has 0 aliphatic heterocycles. The number of rotatable bonds is 5. The molecule has 0 saturated heterocycles. The molecule has 8 heteroatoms. The highest BCUT2D eigenvalue weighted by Crippen LogP contribution is 2.66. The van der Waals surface area contributed by atoms with Gasteiger partial charge in [0.15, 0.2) is 9.77 Å². The fourth-order valence-corrected chi connectivity index (χ4v) is 166. The van der Waals surface area contributed by atoms with Crippen molar-refractivity contribution in [2.75, 3.05) is 0 Å². The molecule has 26 heavy (non-hydrogen) atoms. The minimum atomic E-state index is -1.28. The van der Waals surface area contributed by atoms with E-state index in [1.165, 1.54) is 50.5 Å². The Bertz CT molecular complexity index is 426. The van der Waals surface area contributed by atoms with Gasteiger partial charge in [-0.2, -0.15) is 0 Å². The summed E-state index contributed by atoms with van der Waals surface area (Å²) >= 11 is 16.1. The Morgan fingerprint density at radius 2 is 0.654 bits per heavy atom. The molecule has 0 aromatic rings. The highest BCUT2D eigenvalue weighted by Gasteiger charge is 2.70. The Balaban J connectivity index is 1.97. The first-order valence-electron chi connectivity index (χ1n) is 10.8. The number of hydrogen-bond acceptors (Lipinski definition) is 0. The lowest BCUT2D eigenvalue weighted by Crippen LogP contribution is -2.70. The van der Waals surface area contributed by atoms with Crippen LogP contribution in [-0.4, -0.2) is 9.77 Å². The van der Waals surface area contributed by atoms with Crippen molar-refractivity contribution in [1.29, 1.82) is 0 Å². The van der Waals surface area contributed by atoms with Crippen LogP contribution in [0.3, 0.4) is 0 Å². The quantitative estimate of drug-likeness (QED) is 0.146. The Kier molecular flexibility index (Phi) is 10.5. The summed E-state index contributed by atoms with van der Waals surface area (Å²) in [5.41, 5.74) is 3.45. The van der Waals surface area contributed by atoms with Crippen LogP contribution in [0.15, 0.2) is 0 Å². The second-order valence-corrected chi connectivity index (χ2v) is 82.5. The van der Waals surface area contributed by atoms with E-state index in [0.29, 0.717) is 0 Å². The second kappa shape index (κ2) is 10.9. The molecule has 3 aliphatic carbocycles. The molecule has 0 unspecified atom stereocenters. The smallest absolute Gasteiger partial charge is 0.121 e. The highest BCUT2D eigenvalue weighted by molar-refractivity contribution is 14.3. The largest absolute Gasteiger partial charge is 0.196 e. The molecule has 0 aromatic heterocycles. The van der Waals surface area contributed by atoms with Gasteiger partial charge in [-0.25, -0.2) is 0 Å². The maximum absolute atomic E-state index is 3.32. The van der Waals surface area contributed by atoms with Gasteiger partial charge < -0.3 is 0 Å². The molecular weight excluding hydrogens is 935 g/mol. The van der Waals surface area contributed by atoms with E-state index < -0.39 is 9.77 Å². The van der Waals surface area contributed by atoms with Gasteiger partial charge >= 0.3 is 0 Å².